The van der Waals surface area contributed by atoms with Crippen LogP contribution in [0.2, 0.25) is 0 Å². The molecule has 0 amide bonds. The Morgan fingerprint density at radius 2 is 1.93 bits per heavy atom. The molecule has 0 spiro atoms. The van der Waals surface area contributed by atoms with Crippen LogP contribution in [-0.4, -0.2) is 28.6 Å². The number of aromatic nitrogens is 1. The highest BCUT2D eigenvalue weighted by Crippen LogP contribution is 2.20. The summed E-state index contributed by atoms with van der Waals surface area (Å²) in [7, 11) is 0. The lowest BCUT2D eigenvalue weighted by molar-refractivity contribution is 0.242. The molecule has 1 aliphatic rings. The van der Waals surface area contributed by atoms with Crippen LogP contribution in [0.3, 0.4) is 0 Å². The van der Waals surface area contributed by atoms with Gasteiger partial charge in [-0.2, -0.15) is 0 Å². The number of likely N-dealkylation sites (N-methyl/N-ethyl adjacent to an activating group) is 1. The molecule has 1 aromatic heterocycles. The van der Waals surface area contributed by atoms with Crippen molar-refractivity contribution < 1.29 is 0 Å². The van der Waals surface area contributed by atoms with Gasteiger partial charge in [-0.05, 0) is 51.9 Å². The maximum absolute atomic E-state index is 2.61. The Balaban J connectivity index is 2.08. The highest BCUT2D eigenvalue weighted by atomic mass is 15.2. The van der Waals surface area contributed by atoms with Gasteiger partial charge in [0.15, 0.2) is 0 Å². The van der Waals surface area contributed by atoms with Crippen LogP contribution >= 0.6 is 0 Å². The molecular formula is C13H22N2. The third-order valence-electron chi connectivity index (χ3n) is 3.72. The summed E-state index contributed by atoms with van der Waals surface area (Å²) in [4.78, 5) is 2.61. The van der Waals surface area contributed by atoms with Gasteiger partial charge in [0.25, 0.3) is 0 Å². The molecule has 15 heavy (non-hydrogen) atoms. The van der Waals surface area contributed by atoms with Gasteiger partial charge in [0, 0.05) is 24.0 Å². The highest BCUT2D eigenvalue weighted by Gasteiger charge is 2.23. The van der Waals surface area contributed by atoms with Gasteiger partial charge in [-0.1, -0.05) is 6.92 Å². The summed E-state index contributed by atoms with van der Waals surface area (Å²) in [6, 6.07) is 5.21. The summed E-state index contributed by atoms with van der Waals surface area (Å²) in [5.41, 5.74) is 2.80. The number of nitrogens with zero attached hydrogens (tertiary/aromatic N) is 2. The van der Waals surface area contributed by atoms with Crippen molar-refractivity contribution in [3.05, 3.63) is 23.5 Å². The van der Waals surface area contributed by atoms with Crippen LogP contribution in [0.15, 0.2) is 12.1 Å². The lowest BCUT2D eigenvalue weighted by Crippen LogP contribution is -2.33. The van der Waals surface area contributed by atoms with E-state index in [2.05, 4.69) is 42.4 Å². The van der Waals surface area contributed by atoms with Crippen LogP contribution in [0.1, 0.15) is 31.2 Å². The Bertz CT molecular complexity index is 308. The lowest BCUT2D eigenvalue weighted by atomic mass is 10.2. The van der Waals surface area contributed by atoms with E-state index in [9.17, 15) is 0 Å². The van der Waals surface area contributed by atoms with Crippen molar-refractivity contribution in [2.24, 2.45) is 0 Å². The van der Waals surface area contributed by atoms with Crippen LogP contribution in [0.4, 0.5) is 0 Å². The third kappa shape index (κ3) is 2.10. The zero-order valence-electron chi connectivity index (χ0n) is 10.2. The van der Waals surface area contributed by atoms with Crippen LogP contribution < -0.4 is 0 Å². The monoisotopic (exact) mass is 206 g/mol. The molecule has 0 saturated carbocycles. The standard InChI is InChI=1S/C13H22N2/c1-4-14-9-5-6-13(14)10-15-11(2)7-8-12(15)3/h7-8,13H,4-6,9-10H2,1-3H3/t13-/m0/s1. The van der Waals surface area contributed by atoms with E-state index in [0.29, 0.717) is 0 Å². The minimum atomic E-state index is 0.764. The number of hydrogen-bond donors (Lipinski definition) is 0. The van der Waals surface area contributed by atoms with Crippen molar-refractivity contribution in [1.82, 2.24) is 9.47 Å². The minimum absolute atomic E-state index is 0.764. The molecule has 1 aliphatic heterocycles. The molecule has 0 aromatic carbocycles. The summed E-state index contributed by atoms with van der Waals surface area (Å²) in [5.74, 6) is 0. The van der Waals surface area contributed by atoms with E-state index >= 15 is 0 Å². The van der Waals surface area contributed by atoms with Gasteiger partial charge >= 0.3 is 0 Å². The van der Waals surface area contributed by atoms with Crippen molar-refractivity contribution in [2.45, 2.75) is 46.2 Å². The first-order chi connectivity index (χ1) is 7.22. The molecule has 1 aromatic rings. The molecule has 84 valence electrons. The van der Waals surface area contributed by atoms with E-state index in [0.717, 1.165) is 6.04 Å². The molecule has 2 rings (SSSR count). The summed E-state index contributed by atoms with van der Waals surface area (Å²) in [6.45, 7) is 10.4. The topological polar surface area (TPSA) is 8.17 Å². The number of rotatable bonds is 3. The summed E-state index contributed by atoms with van der Waals surface area (Å²) >= 11 is 0. The van der Waals surface area contributed by atoms with E-state index in [1.165, 1.54) is 43.9 Å². The molecule has 0 unspecified atom stereocenters. The summed E-state index contributed by atoms with van der Waals surface area (Å²) in [5, 5.41) is 0. The molecule has 0 aliphatic carbocycles. The fourth-order valence-corrected chi connectivity index (χ4v) is 2.72. The fraction of sp³-hybridized carbons (Fsp3) is 0.692. The maximum Gasteiger partial charge on any atom is 0.0380 e. The fourth-order valence-electron chi connectivity index (χ4n) is 2.72. The van der Waals surface area contributed by atoms with E-state index in [4.69, 9.17) is 0 Å². The van der Waals surface area contributed by atoms with Gasteiger partial charge < -0.3 is 4.57 Å². The number of aryl methyl sites for hydroxylation is 2. The predicted octanol–water partition coefficient (Wildman–Crippen LogP) is 2.59. The van der Waals surface area contributed by atoms with Gasteiger partial charge in [-0.15, -0.1) is 0 Å². The molecule has 2 heteroatoms. The van der Waals surface area contributed by atoms with Gasteiger partial charge in [0.2, 0.25) is 0 Å². The largest absolute Gasteiger partial charge is 0.348 e. The van der Waals surface area contributed by atoms with Crippen LogP contribution in [0.5, 0.6) is 0 Å². The highest BCUT2D eigenvalue weighted by molar-refractivity contribution is 5.14. The van der Waals surface area contributed by atoms with Crippen LogP contribution in [0.25, 0.3) is 0 Å². The summed E-state index contributed by atoms with van der Waals surface area (Å²) < 4.78 is 2.46. The van der Waals surface area contributed by atoms with E-state index in [1.807, 2.05) is 0 Å². The smallest absolute Gasteiger partial charge is 0.0380 e. The average molecular weight is 206 g/mol. The second-order valence-electron chi connectivity index (χ2n) is 4.65. The molecular weight excluding hydrogens is 184 g/mol. The quantitative estimate of drug-likeness (QED) is 0.738. The Morgan fingerprint density at radius 3 is 2.53 bits per heavy atom. The van der Waals surface area contributed by atoms with Gasteiger partial charge in [0.05, 0.1) is 0 Å². The zero-order chi connectivity index (χ0) is 10.8. The SMILES string of the molecule is CCN1CCC[C@H]1Cn1c(C)ccc1C. The second-order valence-corrected chi connectivity index (χ2v) is 4.65. The molecule has 0 bridgehead atoms. The van der Waals surface area contributed by atoms with E-state index in [1.54, 1.807) is 0 Å². The Morgan fingerprint density at radius 1 is 1.27 bits per heavy atom. The van der Waals surface area contributed by atoms with Crippen molar-refractivity contribution in [1.29, 1.82) is 0 Å². The minimum Gasteiger partial charge on any atom is -0.348 e. The summed E-state index contributed by atoms with van der Waals surface area (Å²) in [6.07, 6.45) is 2.74. The lowest BCUT2D eigenvalue weighted by Gasteiger charge is -2.24. The first-order valence-electron chi connectivity index (χ1n) is 6.09. The van der Waals surface area contributed by atoms with Crippen LogP contribution in [-0.2, 0) is 6.54 Å². The molecule has 1 saturated heterocycles. The molecule has 0 N–H and O–H groups in total. The molecule has 1 atom stereocenters. The van der Waals surface area contributed by atoms with Crippen molar-refractivity contribution in [3.8, 4) is 0 Å². The Labute approximate surface area is 92.9 Å². The maximum atomic E-state index is 2.61. The van der Waals surface area contributed by atoms with Crippen molar-refractivity contribution >= 4 is 0 Å². The normalized spacial score (nSPS) is 22.5. The van der Waals surface area contributed by atoms with E-state index in [-0.39, 0.29) is 0 Å². The molecule has 2 nitrogen and oxygen atoms in total. The van der Waals surface area contributed by atoms with Crippen LogP contribution in [0, 0.1) is 13.8 Å². The second kappa shape index (κ2) is 4.40. The molecule has 1 fully saturated rings. The third-order valence-corrected chi connectivity index (χ3v) is 3.72. The van der Waals surface area contributed by atoms with Gasteiger partial charge in [0.1, 0.15) is 0 Å². The Kier molecular flexibility index (Phi) is 3.15. The average Bonchev–Trinajstić information content (AvgIpc) is 2.79. The van der Waals surface area contributed by atoms with Gasteiger partial charge in [-0.3, -0.25) is 4.90 Å². The molecule has 0 radical (unpaired) electrons. The Hall–Kier alpha value is -0.760. The van der Waals surface area contributed by atoms with Crippen molar-refractivity contribution in [3.63, 3.8) is 0 Å². The predicted molar refractivity (Wildman–Crippen MR) is 64.2 cm³/mol. The number of likely N-dealkylation sites (tertiary alicyclic amines) is 1. The van der Waals surface area contributed by atoms with Crippen molar-refractivity contribution in [2.75, 3.05) is 13.1 Å². The molecule has 2 heterocycles. The first kappa shape index (κ1) is 10.7. The number of hydrogen-bond acceptors (Lipinski definition) is 1. The van der Waals surface area contributed by atoms with E-state index < -0.39 is 0 Å². The van der Waals surface area contributed by atoms with Gasteiger partial charge in [-0.25, -0.2) is 0 Å². The zero-order valence-corrected chi connectivity index (χ0v) is 10.2. The first-order valence-corrected chi connectivity index (χ1v) is 6.09.